The molecule has 0 radical (unpaired) electrons. The number of fused-ring (bicyclic) bond motifs is 1. The summed E-state index contributed by atoms with van der Waals surface area (Å²) >= 11 is 0. The summed E-state index contributed by atoms with van der Waals surface area (Å²) in [5.41, 5.74) is -0.174. The summed E-state index contributed by atoms with van der Waals surface area (Å²) in [5, 5.41) is 10.8. The molecule has 1 aliphatic heterocycles. The molecule has 0 N–H and O–H groups in total. The first-order valence-corrected chi connectivity index (χ1v) is 6.37. The van der Waals surface area contributed by atoms with Crippen molar-refractivity contribution in [2.75, 3.05) is 11.4 Å². The van der Waals surface area contributed by atoms with Crippen molar-refractivity contribution in [2.45, 2.75) is 31.8 Å². The van der Waals surface area contributed by atoms with Gasteiger partial charge in [-0.2, -0.15) is 0 Å². The van der Waals surface area contributed by atoms with E-state index in [4.69, 9.17) is 4.74 Å². The standard InChI is InChI=1S/C13H14N2O4/c1-2-14-10-5-4-9(15(17)18)8-11(10)19-13(12(14)16)6-3-7-13/h4-5,8H,2-3,6-7H2,1H3. The van der Waals surface area contributed by atoms with E-state index in [0.29, 0.717) is 30.8 Å². The van der Waals surface area contributed by atoms with E-state index in [9.17, 15) is 14.9 Å². The number of nitro groups is 1. The van der Waals surface area contributed by atoms with Gasteiger partial charge in [0.2, 0.25) is 0 Å². The van der Waals surface area contributed by atoms with Crippen molar-refractivity contribution in [3.05, 3.63) is 28.3 Å². The maximum absolute atomic E-state index is 12.4. The maximum atomic E-state index is 12.4. The van der Waals surface area contributed by atoms with E-state index in [-0.39, 0.29) is 11.6 Å². The van der Waals surface area contributed by atoms with Crippen LogP contribution in [0.4, 0.5) is 11.4 Å². The van der Waals surface area contributed by atoms with Gasteiger partial charge in [-0.1, -0.05) is 0 Å². The van der Waals surface area contributed by atoms with Crippen LogP contribution in [0.15, 0.2) is 18.2 Å². The van der Waals surface area contributed by atoms with E-state index in [1.807, 2.05) is 6.92 Å². The van der Waals surface area contributed by atoms with Gasteiger partial charge in [0.05, 0.1) is 16.7 Å². The van der Waals surface area contributed by atoms with Crippen molar-refractivity contribution in [1.29, 1.82) is 0 Å². The molecule has 1 fully saturated rings. The average Bonchev–Trinajstić information content (AvgIpc) is 2.35. The minimum absolute atomic E-state index is 0.0152. The fourth-order valence-corrected chi connectivity index (χ4v) is 2.66. The van der Waals surface area contributed by atoms with Gasteiger partial charge in [-0.05, 0) is 32.3 Å². The quantitative estimate of drug-likeness (QED) is 0.605. The van der Waals surface area contributed by atoms with E-state index in [2.05, 4.69) is 0 Å². The molecular formula is C13H14N2O4. The highest BCUT2D eigenvalue weighted by Crippen LogP contribution is 2.47. The number of hydrogen-bond donors (Lipinski definition) is 0. The molecule has 1 amide bonds. The first-order chi connectivity index (χ1) is 9.07. The topological polar surface area (TPSA) is 72.7 Å². The van der Waals surface area contributed by atoms with Gasteiger partial charge in [-0.3, -0.25) is 14.9 Å². The van der Waals surface area contributed by atoms with Crippen molar-refractivity contribution in [3.63, 3.8) is 0 Å². The number of benzene rings is 1. The highest BCUT2D eigenvalue weighted by molar-refractivity contribution is 6.03. The van der Waals surface area contributed by atoms with Gasteiger partial charge in [-0.15, -0.1) is 0 Å². The molecule has 0 unspecified atom stereocenters. The summed E-state index contributed by atoms with van der Waals surface area (Å²) in [5.74, 6) is 0.415. The first-order valence-electron chi connectivity index (χ1n) is 6.37. The van der Waals surface area contributed by atoms with Gasteiger partial charge in [0, 0.05) is 12.6 Å². The Balaban J connectivity index is 2.08. The molecule has 19 heavy (non-hydrogen) atoms. The molecule has 3 rings (SSSR count). The number of rotatable bonds is 2. The second kappa shape index (κ2) is 3.94. The van der Waals surface area contributed by atoms with E-state index in [1.165, 1.54) is 12.1 Å². The summed E-state index contributed by atoms with van der Waals surface area (Å²) in [6.07, 6.45) is 2.32. The Morgan fingerprint density at radius 1 is 1.47 bits per heavy atom. The van der Waals surface area contributed by atoms with Gasteiger partial charge in [0.15, 0.2) is 11.4 Å². The zero-order valence-electron chi connectivity index (χ0n) is 10.6. The number of amides is 1. The number of hydrogen-bond acceptors (Lipinski definition) is 4. The van der Waals surface area contributed by atoms with Crippen LogP contribution in [-0.2, 0) is 4.79 Å². The van der Waals surface area contributed by atoms with E-state index >= 15 is 0 Å². The molecule has 1 saturated carbocycles. The van der Waals surface area contributed by atoms with Gasteiger partial charge >= 0.3 is 0 Å². The molecule has 6 nitrogen and oxygen atoms in total. The lowest BCUT2D eigenvalue weighted by Gasteiger charge is -2.47. The van der Waals surface area contributed by atoms with E-state index < -0.39 is 10.5 Å². The maximum Gasteiger partial charge on any atom is 0.273 e. The zero-order valence-corrected chi connectivity index (χ0v) is 10.6. The normalized spacial score (nSPS) is 19.6. The Morgan fingerprint density at radius 2 is 2.21 bits per heavy atom. The molecule has 1 heterocycles. The third-order valence-electron chi connectivity index (χ3n) is 3.86. The largest absolute Gasteiger partial charge is 0.475 e. The molecular weight excluding hydrogens is 248 g/mol. The molecule has 1 aromatic carbocycles. The van der Waals surface area contributed by atoms with Crippen LogP contribution < -0.4 is 9.64 Å². The second-order valence-corrected chi connectivity index (χ2v) is 4.91. The number of non-ortho nitro benzene ring substituents is 1. The Kier molecular flexibility index (Phi) is 2.48. The highest BCUT2D eigenvalue weighted by Gasteiger charge is 2.52. The van der Waals surface area contributed by atoms with Crippen LogP contribution in [0.25, 0.3) is 0 Å². The Hall–Kier alpha value is -2.11. The minimum Gasteiger partial charge on any atom is -0.475 e. The van der Waals surface area contributed by atoms with Gasteiger partial charge in [-0.25, -0.2) is 0 Å². The lowest BCUT2D eigenvalue weighted by Crippen LogP contribution is -2.59. The summed E-state index contributed by atoms with van der Waals surface area (Å²) in [6, 6.07) is 4.39. The molecule has 1 aliphatic carbocycles. The molecule has 0 atom stereocenters. The lowest BCUT2D eigenvalue weighted by molar-refractivity contribution is -0.385. The van der Waals surface area contributed by atoms with Crippen LogP contribution in [0, 0.1) is 10.1 Å². The molecule has 1 spiro atoms. The van der Waals surface area contributed by atoms with Crippen molar-refractivity contribution < 1.29 is 14.5 Å². The zero-order chi connectivity index (χ0) is 13.6. The summed E-state index contributed by atoms with van der Waals surface area (Å²) in [7, 11) is 0. The average molecular weight is 262 g/mol. The lowest BCUT2D eigenvalue weighted by atomic mass is 9.77. The number of carbonyl (C=O) groups excluding carboxylic acids is 1. The van der Waals surface area contributed by atoms with Crippen LogP contribution >= 0.6 is 0 Å². The van der Waals surface area contributed by atoms with Crippen molar-refractivity contribution in [2.24, 2.45) is 0 Å². The van der Waals surface area contributed by atoms with Gasteiger partial charge < -0.3 is 9.64 Å². The molecule has 6 heteroatoms. The van der Waals surface area contributed by atoms with E-state index in [0.717, 1.165) is 6.42 Å². The predicted molar refractivity (Wildman–Crippen MR) is 68.3 cm³/mol. The Labute approximate surface area is 110 Å². The summed E-state index contributed by atoms with van der Waals surface area (Å²) < 4.78 is 5.79. The number of likely N-dealkylation sites (N-methyl/N-ethyl adjacent to an activating group) is 1. The third kappa shape index (κ3) is 1.59. The third-order valence-corrected chi connectivity index (χ3v) is 3.86. The first kappa shape index (κ1) is 12.0. The van der Waals surface area contributed by atoms with Gasteiger partial charge in [0.1, 0.15) is 0 Å². The van der Waals surface area contributed by atoms with E-state index in [1.54, 1.807) is 11.0 Å². The number of carbonyl (C=O) groups is 1. The molecule has 100 valence electrons. The fraction of sp³-hybridized carbons (Fsp3) is 0.462. The van der Waals surface area contributed by atoms with Crippen molar-refractivity contribution in [1.82, 2.24) is 0 Å². The number of nitrogens with zero attached hydrogens (tertiary/aromatic N) is 2. The van der Waals surface area contributed by atoms with Crippen LogP contribution in [-0.4, -0.2) is 23.0 Å². The number of ether oxygens (including phenoxy) is 1. The molecule has 0 bridgehead atoms. The van der Waals surface area contributed by atoms with Crippen molar-refractivity contribution >= 4 is 17.3 Å². The smallest absolute Gasteiger partial charge is 0.273 e. The minimum atomic E-state index is -0.780. The monoisotopic (exact) mass is 262 g/mol. The SMILES string of the molecule is CCN1C(=O)C2(CCC2)Oc2cc([N+](=O)[O-])ccc21. The highest BCUT2D eigenvalue weighted by atomic mass is 16.6. The summed E-state index contributed by atoms with van der Waals surface area (Å²) in [4.78, 5) is 24.4. The molecule has 0 saturated heterocycles. The van der Waals surface area contributed by atoms with Crippen LogP contribution in [0.5, 0.6) is 5.75 Å². The van der Waals surface area contributed by atoms with Gasteiger partial charge in [0.25, 0.3) is 11.6 Å². The van der Waals surface area contributed by atoms with Crippen LogP contribution in [0.1, 0.15) is 26.2 Å². The van der Waals surface area contributed by atoms with Crippen LogP contribution in [0.2, 0.25) is 0 Å². The Bertz CT molecular complexity index is 566. The summed E-state index contributed by atoms with van der Waals surface area (Å²) in [6.45, 7) is 2.43. The fourth-order valence-electron chi connectivity index (χ4n) is 2.66. The second-order valence-electron chi connectivity index (χ2n) is 4.91. The molecule has 0 aromatic heterocycles. The Morgan fingerprint density at radius 3 is 2.74 bits per heavy atom. The molecule has 2 aliphatic rings. The molecule has 1 aromatic rings. The van der Waals surface area contributed by atoms with Crippen molar-refractivity contribution in [3.8, 4) is 5.75 Å². The predicted octanol–water partition coefficient (Wildman–Crippen LogP) is 2.26. The number of nitro benzene ring substituents is 1. The number of anilines is 1. The van der Waals surface area contributed by atoms with Crippen LogP contribution in [0.3, 0.4) is 0 Å².